The zero-order valence-corrected chi connectivity index (χ0v) is 11.8. The minimum atomic E-state index is -0.157. The molecule has 0 atom stereocenters. The molecule has 0 spiro atoms. The second-order valence-electron chi connectivity index (χ2n) is 4.46. The molecule has 19 heavy (non-hydrogen) atoms. The van der Waals surface area contributed by atoms with Gasteiger partial charge in [-0.2, -0.15) is 0 Å². The van der Waals surface area contributed by atoms with Gasteiger partial charge >= 0.3 is 0 Å². The summed E-state index contributed by atoms with van der Waals surface area (Å²) in [5.74, 6) is 0.0137. The fraction of sp³-hybridized carbons (Fsp3) is 0.333. The third-order valence-corrected chi connectivity index (χ3v) is 3.92. The standard InChI is InChI=1S/C15H17NO2S/c1-19-15(12-9-5-6-10-13(12)17)16-14(18)11-7-3-2-4-8-11/h2-4,7-8H,5-6,9-10H2,1H3,(H,16,18). The molecule has 4 heteroatoms. The van der Waals surface area contributed by atoms with E-state index in [-0.39, 0.29) is 11.7 Å². The molecule has 1 fully saturated rings. The van der Waals surface area contributed by atoms with Crippen LogP contribution in [-0.2, 0) is 4.79 Å². The van der Waals surface area contributed by atoms with Gasteiger partial charge in [-0.25, -0.2) is 0 Å². The summed E-state index contributed by atoms with van der Waals surface area (Å²) in [4.78, 5) is 24.0. The van der Waals surface area contributed by atoms with Gasteiger partial charge < -0.3 is 5.32 Å². The molecular formula is C15H17NO2S. The summed E-state index contributed by atoms with van der Waals surface area (Å²) in [5, 5.41) is 3.57. The lowest BCUT2D eigenvalue weighted by atomic mass is 9.94. The third-order valence-electron chi connectivity index (χ3n) is 3.16. The lowest BCUT2D eigenvalue weighted by Crippen LogP contribution is -2.25. The lowest BCUT2D eigenvalue weighted by Gasteiger charge is -2.17. The fourth-order valence-corrected chi connectivity index (χ4v) is 2.79. The maximum atomic E-state index is 12.1. The Bertz CT molecular complexity index is 508. The molecule has 100 valence electrons. The Hall–Kier alpha value is -1.55. The number of thioether (sulfide) groups is 1. The summed E-state index contributed by atoms with van der Waals surface area (Å²) < 4.78 is 0. The molecule has 0 unspecified atom stereocenters. The van der Waals surface area contributed by atoms with Crippen molar-refractivity contribution in [1.29, 1.82) is 0 Å². The van der Waals surface area contributed by atoms with Crippen molar-refractivity contribution in [3.8, 4) is 0 Å². The van der Waals surface area contributed by atoms with Gasteiger partial charge in [-0.1, -0.05) is 18.2 Å². The molecule has 1 aromatic carbocycles. The zero-order valence-electron chi connectivity index (χ0n) is 10.9. The molecule has 1 aromatic rings. The van der Waals surface area contributed by atoms with Crippen LogP contribution in [0.1, 0.15) is 36.0 Å². The van der Waals surface area contributed by atoms with Crippen molar-refractivity contribution in [2.24, 2.45) is 0 Å². The Morgan fingerprint density at radius 1 is 1.16 bits per heavy atom. The van der Waals surface area contributed by atoms with Crippen molar-refractivity contribution < 1.29 is 9.59 Å². The van der Waals surface area contributed by atoms with E-state index in [1.54, 1.807) is 12.1 Å². The van der Waals surface area contributed by atoms with Gasteiger partial charge in [0.05, 0.1) is 5.03 Å². The maximum Gasteiger partial charge on any atom is 0.256 e. The van der Waals surface area contributed by atoms with E-state index in [1.807, 2.05) is 24.5 Å². The Labute approximate surface area is 117 Å². The molecule has 0 aliphatic heterocycles. The molecule has 1 amide bonds. The first-order valence-electron chi connectivity index (χ1n) is 6.39. The summed E-state index contributed by atoms with van der Waals surface area (Å²) in [6.45, 7) is 0. The van der Waals surface area contributed by atoms with Crippen molar-refractivity contribution >= 4 is 23.5 Å². The van der Waals surface area contributed by atoms with Crippen molar-refractivity contribution in [3.63, 3.8) is 0 Å². The van der Waals surface area contributed by atoms with Crippen molar-refractivity contribution in [2.45, 2.75) is 25.7 Å². The number of hydrogen-bond acceptors (Lipinski definition) is 3. The van der Waals surface area contributed by atoms with Crippen LogP contribution < -0.4 is 5.32 Å². The molecule has 0 bridgehead atoms. The minimum Gasteiger partial charge on any atom is -0.316 e. The molecule has 0 heterocycles. The summed E-state index contributed by atoms with van der Waals surface area (Å²) in [7, 11) is 0. The Kier molecular flexibility index (Phi) is 4.80. The molecule has 0 radical (unpaired) electrons. The molecular weight excluding hydrogens is 258 g/mol. The average molecular weight is 275 g/mol. The van der Waals surface area contributed by atoms with Crippen LogP contribution in [0.2, 0.25) is 0 Å². The quantitative estimate of drug-likeness (QED) is 0.862. The molecule has 1 N–H and O–H groups in total. The van der Waals surface area contributed by atoms with Gasteiger partial charge in [0, 0.05) is 17.6 Å². The molecule has 0 aromatic heterocycles. The van der Waals surface area contributed by atoms with E-state index < -0.39 is 0 Å². The number of rotatable bonds is 3. The van der Waals surface area contributed by atoms with E-state index >= 15 is 0 Å². The first-order chi connectivity index (χ1) is 9.22. The van der Waals surface area contributed by atoms with E-state index in [0.29, 0.717) is 17.0 Å². The van der Waals surface area contributed by atoms with Gasteiger partial charge in [0.1, 0.15) is 0 Å². The molecule has 0 saturated heterocycles. The number of ketones is 1. The predicted molar refractivity (Wildman–Crippen MR) is 77.9 cm³/mol. The number of carbonyl (C=O) groups is 2. The van der Waals surface area contributed by atoms with Crippen LogP contribution in [0.25, 0.3) is 0 Å². The van der Waals surface area contributed by atoms with Crippen LogP contribution in [0.4, 0.5) is 0 Å². The van der Waals surface area contributed by atoms with Gasteiger partial charge in [-0.05, 0) is 37.7 Å². The lowest BCUT2D eigenvalue weighted by molar-refractivity contribution is -0.116. The highest BCUT2D eigenvalue weighted by Gasteiger charge is 2.20. The van der Waals surface area contributed by atoms with Gasteiger partial charge in [-0.15, -0.1) is 11.8 Å². The third kappa shape index (κ3) is 3.47. The van der Waals surface area contributed by atoms with Crippen LogP contribution in [0, 0.1) is 0 Å². The minimum absolute atomic E-state index is 0.157. The number of Topliss-reactive ketones (excluding diaryl/α,β-unsaturated/α-hetero) is 1. The Balaban J connectivity index is 2.17. The summed E-state index contributed by atoms with van der Waals surface area (Å²) in [6.07, 6.45) is 5.23. The topological polar surface area (TPSA) is 46.2 Å². The smallest absolute Gasteiger partial charge is 0.256 e. The normalized spacial score (nSPS) is 18.1. The Morgan fingerprint density at radius 2 is 1.84 bits per heavy atom. The number of allylic oxidation sites excluding steroid dienone is 1. The van der Waals surface area contributed by atoms with Crippen molar-refractivity contribution in [1.82, 2.24) is 5.32 Å². The van der Waals surface area contributed by atoms with Crippen LogP contribution >= 0.6 is 11.8 Å². The average Bonchev–Trinajstić information content (AvgIpc) is 2.46. The van der Waals surface area contributed by atoms with Gasteiger partial charge in [0.25, 0.3) is 5.91 Å². The van der Waals surface area contributed by atoms with Crippen molar-refractivity contribution in [3.05, 3.63) is 46.5 Å². The fourth-order valence-electron chi connectivity index (χ4n) is 2.13. The highest BCUT2D eigenvalue weighted by Crippen LogP contribution is 2.26. The number of nitrogens with one attached hydrogen (secondary N) is 1. The van der Waals surface area contributed by atoms with Gasteiger partial charge in [0.15, 0.2) is 5.78 Å². The number of benzene rings is 1. The van der Waals surface area contributed by atoms with E-state index in [1.165, 1.54) is 11.8 Å². The zero-order chi connectivity index (χ0) is 13.7. The first kappa shape index (κ1) is 13.9. The highest BCUT2D eigenvalue weighted by molar-refractivity contribution is 8.02. The molecule has 3 nitrogen and oxygen atoms in total. The van der Waals surface area contributed by atoms with Crippen molar-refractivity contribution in [2.75, 3.05) is 6.26 Å². The second-order valence-corrected chi connectivity index (χ2v) is 5.28. The SMILES string of the molecule is CSC(NC(=O)c1ccccc1)=C1CCCCC1=O. The number of amides is 1. The predicted octanol–water partition coefficient (Wildman–Crippen LogP) is 3.13. The van der Waals surface area contributed by atoms with Gasteiger partial charge in [0.2, 0.25) is 0 Å². The van der Waals surface area contributed by atoms with Crippen LogP contribution in [0.15, 0.2) is 40.9 Å². The van der Waals surface area contributed by atoms with Gasteiger partial charge in [-0.3, -0.25) is 9.59 Å². The monoisotopic (exact) mass is 275 g/mol. The summed E-state index contributed by atoms with van der Waals surface area (Å²) in [5.41, 5.74) is 1.39. The first-order valence-corrected chi connectivity index (χ1v) is 7.61. The highest BCUT2D eigenvalue weighted by atomic mass is 32.2. The molecule has 2 rings (SSSR count). The molecule has 1 aliphatic carbocycles. The Morgan fingerprint density at radius 3 is 2.47 bits per heavy atom. The number of carbonyl (C=O) groups excluding carboxylic acids is 2. The number of hydrogen-bond donors (Lipinski definition) is 1. The summed E-state index contributed by atoms with van der Waals surface area (Å²) >= 11 is 1.43. The van der Waals surface area contributed by atoms with E-state index in [9.17, 15) is 9.59 Å². The van der Waals surface area contributed by atoms with Crippen LogP contribution in [0.5, 0.6) is 0 Å². The second kappa shape index (κ2) is 6.57. The van der Waals surface area contributed by atoms with E-state index in [2.05, 4.69) is 5.32 Å². The maximum absolute atomic E-state index is 12.1. The van der Waals surface area contributed by atoms with E-state index in [0.717, 1.165) is 24.8 Å². The van der Waals surface area contributed by atoms with E-state index in [4.69, 9.17) is 0 Å². The van der Waals surface area contributed by atoms with Crippen LogP contribution in [0.3, 0.4) is 0 Å². The summed E-state index contributed by atoms with van der Waals surface area (Å²) in [6, 6.07) is 9.05. The van der Waals surface area contributed by atoms with Crippen LogP contribution in [-0.4, -0.2) is 17.9 Å². The molecule has 1 saturated carbocycles. The molecule has 1 aliphatic rings. The largest absolute Gasteiger partial charge is 0.316 e.